The summed E-state index contributed by atoms with van der Waals surface area (Å²) in [5.74, 6) is -3.44. The Morgan fingerprint density at radius 2 is 1.02 bits per heavy atom. The van der Waals surface area contributed by atoms with Crippen LogP contribution in [-0.4, -0.2) is 241 Å². The fourth-order valence-corrected chi connectivity index (χ4v) is 12.4. The topological polar surface area (TPSA) is 374 Å². The molecule has 6 heterocycles. The molecule has 6 fully saturated rings. The van der Waals surface area contributed by atoms with Crippen LogP contribution in [0.3, 0.4) is 0 Å². The molecule has 6 saturated heterocycles. The van der Waals surface area contributed by atoms with Crippen LogP contribution < -0.4 is 0 Å². The number of esters is 3. The van der Waals surface area contributed by atoms with Crippen LogP contribution in [0.1, 0.15) is 203 Å². The third-order valence-electron chi connectivity index (χ3n) is 18.3. The number of aliphatic hydroxyl groups is 10. The van der Waals surface area contributed by atoms with Crippen molar-refractivity contribution in [1.29, 1.82) is 0 Å². The number of ether oxygens (including phenoxy) is 13. The highest BCUT2D eigenvalue weighted by Crippen LogP contribution is 2.39. The van der Waals surface area contributed by atoms with Gasteiger partial charge in [-0.25, -0.2) is 0 Å². The van der Waals surface area contributed by atoms with E-state index in [9.17, 15) is 65.4 Å². The molecule has 0 bridgehead atoms. The van der Waals surface area contributed by atoms with Gasteiger partial charge in [-0.1, -0.05) is 123 Å². The van der Waals surface area contributed by atoms with E-state index in [1.165, 1.54) is 41.0 Å². The minimum absolute atomic E-state index is 0.0235. The highest BCUT2D eigenvalue weighted by atomic mass is 16.8. The summed E-state index contributed by atoms with van der Waals surface area (Å²) in [6.45, 7) is 12.2. The molecule has 26 heteroatoms. The van der Waals surface area contributed by atoms with E-state index < -0.39 is 190 Å². The first-order valence-electron chi connectivity index (χ1n) is 33.4. The van der Waals surface area contributed by atoms with Crippen molar-refractivity contribution >= 4 is 17.9 Å². The van der Waals surface area contributed by atoms with E-state index in [0.717, 1.165) is 103 Å². The monoisotopic (exact) mass is 1280 g/mol. The number of fused-ring (bicyclic) bond motifs is 2. The van der Waals surface area contributed by atoms with Crippen molar-refractivity contribution in [3.63, 3.8) is 0 Å². The third kappa shape index (κ3) is 21.3. The molecule has 6 aliphatic rings. The number of hydrogen-bond donors (Lipinski definition) is 10. The second-order valence-electron chi connectivity index (χ2n) is 25.6. The number of carbonyl (C=O) groups excluding carboxylic acids is 3. The highest BCUT2D eigenvalue weighted by molar-refractivity contribution is 5.73. The van der Waals surface area contributed by atoms with E-state index >= 15 is 0 Å². The number of aliphatic hydroxyl groups excluding tert-OH is 10. The van der Waals surface area contributed by atoms with Gasteiger partial charge >= 0.3 is 17.9 Å². The van der Waals surface area contributed by atoms with Crippen molar-refractivity contribution in [2.24, 2.45) is 5.92 Å². The van der Waals surface area contributed by atoms with Crippen molar-refractivity contribution in [2.45, 2.75) is 369 Å². The summed E-state index contributed by atoms with van der Waals surface area (Å²) in [6, 6.07) is 0. The van der Waals surface area contributed by atoms with Gasteiger partial charge < -0.3 is 113 Å². The van der Waals surface area contributed by atoms with Gasteiger partial charge in [0.25, 0.3) is 0 Å². The smallest absolute Gasteiger partial charge is 0.311 e. The van der Waals surface area contributed by atoms with Gasteiger partial charge in [0, 0.05) is 12.8 Å². The number of unbranched alkanes of at least 4 members (excludes halogenated alkanes) is 10. The molecule has 0 aliphatic carbocycles. The summed E-state index contributed by atoms with van der Waals surface area (Å²) in [5, 5.41) is 113. The molecule has 89 heavy (non-hydrogen) atoms. The largest absolute Gasteiger partial charge is 0.456 e. The number of hydrogen-bond acceptors (Lipinski definition) is 26. The Hall–Kier alpha value is -2.39. The van der Waals surface area contributed by atoms with E-state index in [1.54, 1.807) is 6.92 Å². The Balaban J connectivity index is 1.29. The van der Waals surface area contributed by atoms with E-state index in [1.807, 2.05) is 0 Å². The molecular formula is C63H110O26. The van der Waals surface area contributed by atoms with E-state index in [0.29, 0.717) is 25.7 Å². The lowest BCUT2D eigenvalue weighted by Gasteiger charge is -2.50. The van der Waals surface area contributed by atoms with Crippen molar-refractivity contribution in [3.8, 4) is 0 Å². The average Bonchev–Trinajstić information content (AvgIpc) is 0.829. The normalized spacial score (nSPS) is 41.3. The molecule has 10 N–H and O–H groups in total. The second kappa shape index (κ2) is 37.6. The Kier molecular flexibility index (Phi) is 32.0. The first-order valence-corrected chi connectivity index (χ1v) is 33.4. The molecule has 28 atom stereocenters. The van der Waals surface area contributed by atoms with Crippen molar-refractivity contribution in [2.75, 3.05) is 6.61 Å². The molecule has 6 aliphatic heterocycles. The lowest BCUT2D eigenvalue weighted by Crippen LogP contribution is -2.67. The van der Waals surface area contributed by atoms with Gasteiger partial charge in [-0.05, 0) is 67.2 Å². The zero-order chi connectivity index (χ0) is 65.1. The average molecular weight is 1280 g/mol. The first kappa shape index (κ1) is 75.6. The van der Waals surface area contributed by atoms with Gasteiger partial charge in [-0.15, -0.1) is 0 Å². The summed E-state index contributed by atoms with van der Waals surface area (Å²) in [5.41, 5.74) is 0. The van der Waals surface area contributed by atoms with E-state index in [-0.39, 0.29) is 18.9 Å². The van der Waals surface area contributed by atoms with E-state index in [2.05, 4.69) is 13.8 Å². The predicted molar refractivity (Wildman–Crippen MR) is 314 cm³/mol. The van der Waals surface area contributed by atoms with Crippen LogP contribution in [0.25, 0.3) is 0 Å². The fraction of sp³-hybridized carbons (Fsp3) is 0.952. The lowest BCUT2D eigenvalue weighted by atomic mass is 9.95. The minimum Gasteiger partial charge on any atom is -0.456 e. The zero-order valence-electron chi connectivity index (χ0n) is 53.6. The number of rotatable bonds is 25. The highest BCUT2D eigenvalue weighted by Gasteiger charge is 2.58. The van der Waals surface area contributed by atoms with Crippen LogP contribution in [0.4, 0.5) is 0 Å². The molecule has 518 valence electrons. The second-order valence-corrected chi connectivity index (χ2v) is 25.6. The first-order chi connectivity index (χ1) is 42.5. The van der Waals surface area contributed by atoms with Crippen molar-refractivity contribution in [1.82, 2.24) is 0 Å². The molecule has 26 nitrogen and oxygen atoms in total. The summed E-state index contributed by atoms with van der Waals surface area (Å²) in [4.78, 5) is 41.0. The zero-order valence-corrected chi connectivity index (χ0v) is 53.6. The molecule has 0 amide bonds. The maximum atomic E-state index is 14.0. The summed E-state index contributed by atoms with van der Waals surface area (Å²) in [6.07, 6.45) is -22.6. The number of carbonyl (C=O) groups is 3. The summed E-state index contributed by atoms with van der Waals surface area (Å²) < 4.78 is 81.0. The molecule has 0 radical (unpaired) electrons. The van der Waals surface area contributed by atoms with Crippen molar-refractivity contribution in [3.05, 3.63) is 0 Å². The Bertz CT molecular complexity index is 2040. The molecule has 6 rings (SSSR count). The van der Waals surface area contributed by atoms with Crippen LogP contribution >= 0.6 is 0 Å². The van der Waals surface area contributed by atoms with Gasteiger partial charge in [0.2, 0.25) is 0 Å². The molecule has 0 aromatic heterocycles. The van der Waals surface area contributed by atoms with Gasteiger partial charge in [0.1, 0.15) is 79.4 Å². The quantitative estimate of drug-likeness (QED) is 0.0356. The van der Waals surface area contributed by atoms with Crippen LogP contribution in [-0.2, 0) is 76.0 Å². The third-order valence-corrected chi connectivity index (χ3v) is 18.3. The Morgan fingerprint density at radius 1 is 0.494 bits per heavy atom. The SMILES string of the molecule is CCCCCCCCCCCC(=O)O[C@H]1[C@H](O[C@@H]2[C@@H](O)[C@H]3OC(=O)CCCCCCCCCC(CCCCC)O[C@@H]4O[C@H](C)[C@@H](O)[C@H](O)[C@H]4O[C@@H]3O[C@H]2C)O[C@@H](C)[C@H](O[C@@H]2O[C@@H](C)[C@H](OC(=O)C(C)C(C)O)[C@@H](O)[C@H]2O[C@@H]2O[C@H](CO)[C@@H](O)[C@H](O)[C@H]2O)[C@H]1O. The van der Waals surface area contributed by atoms with Crippen LogP contribution in [0.5, 0.6) is 0 Å². The Labute approximate surface area is 524 Å². The summed E-state index contributed by atoms with van der Waals surface area (Å²) in [7, 11) is 0. The molecule has 0 saturated carbocycles. The summed E-state index contributed by atoms with van der Waals surface area (Å²) >= 11 is 0. The predicted octanol–water partition coefficient (Wildman–Crippen LogP) is 3.27. The molecule has 0 spiro atoms. The Morgan fingerprint density at radius 3 is 1.66 bits per heavy atom. The minimum atomic E-state index is -2.00. The van der Waals surface area contributed by atoms with E-state index in [4.69, 9.17) is 61.6 Å². The van der Waals surface area contributed by atoms with Crippen molar-refractivity contribution < 1.29 is 127 Å². The van der Waals surface area contributed by atoms with Crippen LogP contribution in [0.2, 0.25) is 0 Å². The van der Waals surface area contributed by atoms with Gasteiger partial charge in [-0.2, -0.15) is 0 Å². The maximum absolute atomic E-state index is 14.0. The fourth-order valence-electron chi connectivity index (χ4n) is 12.4. The van der Waals surface area contributed by atoms with Gasteiger partial charge in [-0.3, -0.25) is 14.4 Å². The van der Waals surface area contributed by atoms with Crippen LogP contribution in [0, 0.1) is 5.92 Å². The molecule has 3 unspecified atom stereocenters. The lowest BCUT2D eigenvalue weighted by molar-refractivity contribution is -0.395. The molecule has 0 aromatic carbocycles. The van der Waals surface area contributed by atoms with Crippen LogP contribution in [0.15, 0.2) is 0 Å². The van der Waals surface area contributed by atoms with Gasteiger partial charge in [0.05, 0.1) is 49.1 Å². The maximum Gasteiger partial charge on any atom is 0.311 e. The molecule has 0 aromatic rings. The van der Waals surface area contributed by atoms with Gasteiger partial charge in [0.15, 0.2) is 49.8 Å². The standard InChI is InChI=1S/C63H110O26/c1-9-11-13-14-15-16-19-22-26-30-41(66)83-55-49(74)53(87-63-57(88-59-47(72)45(70)44(69)40(32-64)82-59)48(73)51(36(6)78-63)85-58(76)33(3)34(4)65)37(7)79-61(55)86-52-38(8)80-62-56(50(52)75)84-42(67)31-27-23-20-17-18-21-25-29-39(28-24-12-10-2)81-60-54(89-62)46(71)43(68)35(5)77-60/h33-40,43-57,59-65,68-75H,9-32H2,1-8H3/t33?,34?,35-,36+,37+,38+,39?,40-,43-,44-,45+,46+,47-,48-,49-,50-,51+,52+,53+,54-,55-,56-,57-,59+,60+,61+,62+,63+/m1/s1. The molecular weight excluding hydrogens is 1170 g/mol.